The van der Waals surface area contributed by atoms with Crippen molar-refractivity contribution in [2.45, 2.75) is 23.7 Å². The molecular formula is C17H19ClN4OS. The standard InChI is InChI=1S/C17H19ClN4OS/c18-14-3-1-12(2-4-14)13-5-8-22(9-6-13)17-20-11-15-16(21-17)19-7-10-24(15)23/h1-4,11,13H,5-10H2,(H,19,20,21). The molecule has 0 aliphatic carbocycles. The normalized spacial score (nSPS) is 21.2. The molecule has 2 aliphatic heterocycles. The first-order chi connectivity index (χ1) is 11.7. The second-order valence-electron chi connectivity index (χ2n) is 6.17. The molecule has 24 heavy (non-hydrogen) atoms. The Bertz CT molecular complexity index is 760. The summed E-state index contributed by atoms with van der Waals surface area (Å²) in [6.07, 6.45) is 3.86. The first kappa shape index (κ1) is 15.8. The Morgan fingerprint density at radius 3 is 2.71 bits per heavy atom. The van der Waals surface area contributed by atoms with Gasteiger partial charge in [-0.05, 0) is 36.5 Å². The van der Waals surface area contributed by atoms with Crippen LogP contribution < -0.4 is 10.2 Å². The van der Waals surface area contributed by atoms with Crippen LogP contribution in [-0.4, -0.2) is 39.6 Å². The van der Waals surface area contributed by atoms with Gasteiger partial charge in [0.2, 0.25) is 5.95 Å². The topological polar surface area (TPSA) is 58.1 Å². The molecule has 2 aromatic rings. The average molecular weight is 363 g/mol. The Morgan fingerprint density at radius 2 is 1.96 bits per heavy atom. The van der Waals surface area contributed by atoms with Gasteiger partial charge in [0.05, 0.1) is 21.9 Å². The Labute approximate surface area is 148 Å². The van der Waals surface area contributed by atoms with Gasteiger partial charge >= 0.3 is 0 Å². The molecule has 1 atom stereocenters. The van der Waals surface area contributed by atoms with Crippen molar-refractivity contribution < 1.29 is 4.21 Å². The first-order valence-corrected chi connectivity index (χ1v) is 9.90. The molecule has 2 aliphatic rings. The molecule has 0 spiro atoms. The van der Waals surface area contributed by atoms with Gasteiger partial charge in [-0.15, -0.1) is 0 Å². The molecule has 4 rings (SSSR count). The van der Waals surface area contributed by atoms with Crippen molar-refractivity contribution in [1.82, 2.24) is 9.97 Å². The van der Waals surface area contributed by atoms with Crippen LogP contribution >= 0.6 is 11.6 Å². The maximum absolute atomic E-state index is 12.0. The van der Waals surface area contributed by atoms with Crippen molar-refractivity contribution in [2.24, 2.45) is 0 Å². The van der Waals surface area contributed by atoms with Gasteiger partial charge in [-0.1, -0.05) is 23.7 Å². The van der Waals surface area contributed by atoms with E-state index in [-0.39, 0.29) is 0 Å². The number of rotatable bonds is 2. The van der Waals surface area contributed by atoms with Crippen molar-refractivity contribution in [3.05, 3.63) is 41.0 Å². The SMILES string of the molecule is O=S1CCNc2nc(N3CCC(c4ccc(Cl)cc4)CC3)ncc21. The van der Waals surface area contributed by atoms with Gasteiger partial charge < -0.3 is 10.2 Å². The summed E-state index contributed by atoms with van der Waals surface area (Å²) in [7, 11) is -0.978. The fourth-order valence-electron chi connectivity index (χ4n) is 3.33. The van der Waals surface area contributed by atoms with Gasteiger partial charge in [0, 0.05) is 30.4 Å². The third-order valence-corrected chi connectivity index (χ3v) is 6.30. The minimum Gasteiger partial charge on any atom is -0.368 e. The molecule has 0 radical (unpaired) electrons. The highest BCUT2D eigenvalue weighted by atomic mass is 35.5. The summed E-state index contributed by atoms with van der Waals surface area (Å²) in [6, 6.07) is 8.16. The van der Waals surface area contributed by atoms with Crippen LogP contribution in [0.15, 0.2) is 35.4 Å². The third kappa shape index (κ3) is 3.13. The number of nitrogens with one attached hydrogen (secondary N) is 1. The minimum absolute atomic E-state index is 0.557. The van der Waals surface area contributed by atoms with E-state index in [0.717, 1.165) is 47.6 Å². The quantitative estimate of drug-likeness (QED) is 0.889. The van der Waals surface area contributed by atoms with Crippen LogP contribution in [0.1, 0.15) is 24.3 Å². The summed E-state index contributed by atoms with van der Waals surface area (Å²) in [5.41, 5.74) is 1.35. The monoisotopic (exact) mass is 362 g/mol. The summed E-state index contributed by atoms with van der Waals surface area (Å²) in [4.78, 5) is 12.0. The molecule has 7 heteroatoms. The lowest BCUT2D eigenvalue weighted by Gasteiger charge is -2.32. The van der Waals surface area contributed by atoms with Gasteiger partial charge in [-0.3, -0.25) is 4.21 Å². The van der Waals surface area contributed by atoms with Gasteiger partial charge in [-0.25, -0.2) is 4.98 Å². The predicted octanol–water partition coefficient (Wildman–Crippen LogP) is 3.05. The molecule has 1 aromatic carbocycles. The molecule has 0 saturated carbocycles. The first-order valence-electron chi connectivity index (χ1n) is 8.20. The number of aromatic nitrogens is 2. The number of nitrogens with zero attached hydrogens (tertiary/aromatic N) is 3. The van der Waals surface area contributed by atoms with E-state index >= 15 is 0 Å². The number of hydrogen-bond donors (Lipinski definition) is 1. The molecule has 126 valence electrons. The summed E-state index contributed by atoms with van der Waals surface area (Å²) in [5.74, 6) is 2.64. The van der Waals surface area contributed by atoms with Crippen molar-refractivity contribution in [3.63, 3.8) is 0 Å². The molecule has 1 fully saturated rings. The molecule has 3 heterocycles. The summed E-state index contributed by atoms with van der Waals surface area (Å²) in [6.45, 7) is 2.55. The van der Waals surface area contributed by atoms with E-state index in [4.69, 9.17) is 11.6 Å². The Morgan fingerprint density at radius 1 is 1.21 bits per heavy atom. The summed E-state index contributed by atoms with van der Waals surface area (Å²) < 4.78 is 12.0. The molecular weight excluding hydrogens is 344 g/mol. The van der Waals surface area contributed by atoms with Crippen LogP contribution in [0.5, 0.6) is 0 Å². The number of fused-ring (bicyclic) bond motifs is 1. The van der Waals surface area contributed by atoms with Crippen LogP contribution in [-0.2, 0) is 10.8 Å². The van der Waals surface area contributed by atoms with Crippen molar-refractivity contribution in [1.29, 1.82) is 0 Å². The van der Waals surface area contributed by atoms with Crippen molar-refractivity contribution in [3.8, 4) is 0 Å². The predicted molar refractivity (Wildman–Crippen MR) is 97.4 cm³/mol. The van der Waals surface area contributed by atoms with E-state index in [1.54, 1.807) is 6.20 Å². The zero-order chi connectivity index (χ0) is 16.5. The fraction of sp³-hybridized carbons (Fsp3) is 0.412. The van der Waals surface area contributed by atoms with E-state index in [0.29, 0.717) is 18.2 Å². The number of anilines is 2. The van der Waals surface area contributed by atoms with Gasteiger partial charge in [0.25, 0.3) is 0 Å². The highest BCUT2D eigenvalue weighted by Gasteiger charge is 2.24. The summed E-state index contributed by atoms with van der Waals surface area (Å²) >= 11 is 5.97. The lowest BCUT2D eigenvalue weighted by molar-refractivity contribution is 0.499. The largest absolute Gasteiger partial charge is 0.368 e. The lowest BCUT2D eigenvalue weighted by atomic mass is 9.90. The Kier molecular flexibility index (Phi) is 4.41. The van der Waals surface area contributed by atoms with Crippen LogP contribution in [0.25, 0.3) is 0 Å². The van der Waals surface area contributed by atoms with E-state index in [2.05, 4.69) is 32.3 Å². The highest BCUT2D eigenvalue weighted by Crippen LogP contribution is 2.31. The minimum atomic E-state index is -0.978. The fourth-order valence-corrected chi connectivity index (χ4v) is 4.46. The van der Waals surface area contributed by atoms with E-state index in [9.17, 15) is 4.21 Å². The summed E-state index contributed by atoms with van der Waals surface area (Å²) in [5, 5.41) is 4.01. The highest BCUT2D eigenvalue weighted by molar-refractivity contribution is 7.85. The smallest absolute Gasteiger partial charge is 0.227 e. The number of hydrogen-bond acceptors (Lipinski definition) is 5. The van der Waals surface area contributed by atoms with Crippen molar-refractivity contribution >= 4 is 34.2 Å². The zero-order valence-corrected chi connectivity index (χ0v) is 14.8. The van der Waals surface area contributed by atoms with Gasteiger partial charge in [0.1, 0.15) is 5.82 Å². The maximum atomic E-state index is 12.0. The second-order valence-corrected chi connectivity index (χ2v) is 8.15. The van der Waals surface area contributed by atoms with E-state index < -0.39 is 10.8 Å². The average Bonchev–Trinajstić information content (AvgIpc) is 2.62. The molecule has 1 N–H and O–H groups in total. The van der Waals surface area contributed by atoms with Crippen LogP contribution in [0.2, 0.25) is 5.02 Å². The van der Waals surface area contributed by atoms with Gasteiger partial charge in [0.15, 0.2) is 0 Å². The van der Waals surface area contributed by atoms with Gasteiger partial charge in [-0.2, -0.15) is 4.98 Å². The molecule has 5 nitrogen and oxygen atoms in total. The van der Waals surface area contributed by atoms with Crippen molar-refractivity contribution in [2.75, 3.05) is 35.6 Å². The molecule has 1 aromatic heterocycles. The molecule has 1 unspecified atom stereocenters. The number of benzene rings is 1. The lowest BCUT2D eigenvalue weighted by Crippen LogP contribution is -2.34. The maximum Gasteiger partial charge on any atom is 0.227 e. The van der Waals surface area contributed by atoms with Crippen LogP contribution in [0.4, 0.5) is 11.8 Å². The van der Waals surface area contributed by atoms with Crippen LogP contribution in [0, 0.1) is 0 Å². The Hall–Kier alpha value is -1.66. The molecule has 0 amide bonds. The number of halogens is 1. The zero-order valence-electron chi connectivity index (χ0n) is 13.2. The Balaban J connectivity index is 1.46. The van der Waals surface area contributed by atoms with Crippen LogP contribution in [0.3, 0.4) is 0 Å². The second kappa shape index (κ2) is 6.69. The van der Waals surface area contributed by atoms with E-state index in [1.807, 2.05) is 12.1 Å². The molecule has 0 bridgehead atoms. The van der Waals surface area contributed by atoms with E-state index in [1.165, 1.54) is 5.56 Å². The molecule has 1 saturated heterocycles. The third-order valence-electron chi connectivity index (χ3n) is 4.69. The number of piperidine rings is 1.